The minimum Gasteiger partial charge on any atom is -0.476 e. The van der Waals surface area contributed by atoms with Gasteiger partial charge in [-0.2, -0.15) is 0 Å². The van der Waals surface area contributed by atoms with Crippen molar-refractivity contribution in [2.24, 2.45) is 0 Å². The van der Waals surface area contributed by atoms with Crippen LogP contribution in [0.1, 0.15) is 0 Å². The molecule has 0 atom stereocenters. The van der Waals surface area contributed by atoms with Gasteiger partial charge >= 0.3 is 7.12 Å². The molecule has 0 spiro atoms. The molecule has 1 fully saturated rings. The van der Waals surface area contributed by atoms with Crippen molar-refractivity contribution in [2.45, 2.75) is 26.7 Å². The van der Waals surface area contributed by atoms with Crippen LogP contribution in [0.2, 0.25) is 26.7 Å². The van der Waals surface area contributed by atoms with Gasteiger partial charge in [0.1, 0.15) is 0 Å². The van der Waals surface area contributed by atoms with Crippen molar-refractivity contribution in [3.63, 3.8) is 0 Å². The third-order valence-electron chi connectivity index (χ3n) is 1.51. The average Bonchev–Trinajstić information content (AvgIpc) is 1.59. The van der Waals surface area contributed by atoms with Crippen LogP contribution in [0.15, 0.2) is 0 Å². The van der Waals surface area contributed by atoms with Gasteiger partial charge in [0.2, 0.25) is 0 Å². The second-order valence-corrected chi connectivity index (χ2v) is 2.70. The van der Waals surface area contributed by atoms with E-state index in [0.717, 1.165) is 6.22 Å². The molecule has 1 rings (SSSR count). The molecule has 0 aliphatic carbocycles. The van der Waals surface area contributed by atoms with Gasteiger partial charge in [-0.1, -0.05) is 13.6 Å². The Bertz CT molecular complexity index is 74.8. The zero-order valence-electron chi connectivity index (χ0n) is 6.26. The van der Waals surface area contributed by atoms with Crippen LogP contribution in [-0.4, -0.2) is 20.9 Å². The highest BCUT2D eigenvalue weighted by molar-refractivity contribution is 6.80. The van der Waals surface area contributed by atoms with E-state index < -0.39 is 0 Å². The summed E-state index contributed by atoms with van der Waals surface area (Å²) in [4.78, 5) is 0. The number of hydrogen-bond acceptors (Lipinski definition) is 2. The standard InChI is InChI=1S/C4H11B3O2/c1-5-4-6(2)9-7(3)8-5/h4H2,1-3H3. The first-order valence-electron chi connectivity index (χ1n) is 3.49. The average molecular weight is 124 g/mol. The highest BCUT2D eigenvalue weighted by atomic mass is 16.6. The van der Waals surface area contributed by atoms with Crippen LogP contribution >= 0.6 is 0 Å². The highest BCUT2D eigenvalue weighted by Crippen LogP contribution is 2.10. The van der Waals surface area contributed by atoms with Gasteiger partial charge in [-0.25, -0.2) is 0 Å². The molecule has 0 bridgehead atoms. The van der Waals surface area contributed by atoms with Crippen LogP contribution in [-0.2, 0) is 9.14 Å². The van der Waals surface area contributed by atoms with E-state index in [1.165, 1.54) is 0 Å². The molecule has 5 heteroatoms. The summed E-state index contributed by atoms with van der Waals surface area (Å²) < 4.78 is 10.7. The Balaban J connectivity index is 2.34. The summed E-state index contributed by atoms with van der Waals surface area (Å²) in [7, 11) is -0.0104. The van der Waals surface area contributed by atoms with Crippen LogP contribution in [0, 0.1) is 0 Å². The molecule has 1 aliphatic heterocycles. The normalized spacial score (nSPS) is 21.0. The van der Waals surface area contributed by atoms with Gasteiger partial charge in [0, 0.05) is 0 Å². The molecule has 0 amide bonds. The van der Waals surface area contributed by atoms with Gasteiger partial charge in [0.15, 0.2) is 0 Å². The summed E-state index contributed by atoms with van der Waals surface area (Å²) in [6.07, 6.45) is 1.02. The van der Waals surface area contributed by atoms with Crippen LogP contribution in [0.3, 0.4) is 0 Å². The van der Waals surface area contributed by atoms with Crippen LogP contribution in [0.4, 0.5) is 0 Å². The van der Waals surface area contributed by atoms with Crippen molar-refractivity contribution in [3.8, 4) is 0 Å². The predicted octanol–water partition coefficient (Wildman–Crippen LogP) is 0.933. The van der Waals surface area contributed by atoms with E-state index in [4.69, 9.17) is 9.14 Å². The molecule has 9 heavy (non-hydrogen) atoms. The molecule has 0 aromatic heterocycles. The Hall–Kier alpha value is 0.115. The Morgan fingerprint density at radius 1 is 1.00 bits per heavy atom. The minimum atomic E-state index is -0.0104. The molecule has 0 radical (unpaired) electrons. The molecular formula is C4H11B3O2. The number of hydrogen-bond donors (Lipinski definition) is 0. The monoisotopic (exact) mass is 124 g/mol. The van der Waals surface area contributed by atoms with Gasteiger partial charge in [0.25, 0.3) is 13.8 Å². The number of rotatable bonds is 0. The summed E-state index contributed by atoms with van der Waals surface area (Å²) in [6, 6.07) is 0. The summed E-state index contributed by atoms with van der Waals surface area (Å²) in [5, 5.41) is 0. The Morgan fingerprint density at radius 2 is 1.44 bits per heavy atom. The topological polar surface area (TPSA) is 18.5 Å². The minimum absolute atomic E-state index is 0.0104. The van der Waals surface area contributed by atoms with E-state index in [1.54, 1.807) is 0 Å². The molecule has 1 aliphatic rings. The molecule has 0 saturated carbocycles. The molecule has 1 saturated heterocycles. The van der Waals surface area contributed by atoms with E-state index in [0.29, 0.717) is 13.8 Å². The molecule has 1 heterocycles. The first-order chi connectivity index (χ1) is 4.18. The van der Waals surface area contributed by atoms with Crippen molar-refractivity contribution in [3.05, 3.63) is 0 Å². The van der Waals surface area contributed by atoms with Gasteiger partial charge in [-0.15, -0.1) is 0 Å². The summed E-state index contributed by atoms with van der Waals surface area (Å²) >= 11 is 0. The fourth-order valence-corrected chi connectivity index (χ4v) is 1.26. The lowest BCUT2D eigenvalue weighted by Crippen LogP contribution is -2.41. The Labute approximate surface area is 57.7 Å². The lowest BCUT2D eigenvalue weighted by atomic mass is 9.43. The quantitative estimate of drug-likeness (QED) is 0.447. The molecule has 2 nitrogen and oxygen atoms in total. The summed E-state index contributed by atoms with van der Waals surface area (Å²) in [6.45, 7) is 6.82. The van der Waals surface area contributed by atoms with Gasteiger partial charge in [0.05, 0.1) is 0 Å². The van der Waals surface area contributed by atoms with E-state index in [9.17, 15) is 0 Å². The second-order valence-electron chi connectivity index (χ2n) is 2.70. The largest absolute Gasteiger partial charge is 0.476 e. The molecule has 0 unspecified atom stereocenters. The lowest BCUT2D eigenvalue weighted by molar-refractivity contribution is 0.428. The van der Waals surface area contributed by atoms with E-state index >= 15 is 0 Å². The zero-order chi connectivity index (χ0) is 6.85. The van der Waals surface area contributed by atoms with Crippen LogP contribution in [0.25, 0.3) is 0 Å². The maximum atomic E-state index is 5.33. The molecule has 0 aromatic rings. The lowest BCUT2D eigenvalue weighted by Gasteiger charge is -2.25. The Kier molecular flexibility index (Phi) is 2.25. The zero-order valence-corrected chi connectivity index (χ0v) is 6.26. The van der Waals surface area contributed by atoms with Crippen molar-refractivity contribution in [1.29, 1.82) is 0 Å². The maximum Gasteiger partial charge on any atom is 0.422 e. The van der Waals surface area contributed by atoms with Gasteiger partial charge in [-0.3, -0.25) is 0 Å². The fourth-order valence-electron chi connectivity index (χ4n) is 1.26. The molecule has 0 aromatic carbocycles. The van der Waals surface area contributed by atoms with Crippen molar-refractivity contribution < 1.29 is 9.14 Å². The molecular weight excluding hydrogens is 112 g/mol. The van der Waals surface area contributed by atoms with Crippen LogP contribution < -0.4 is 0 Å². The molecule has 48 valence electrons. The van der Waals surface area contributed by atoms with E-state index in [-0.39, 0.29) is 7.12 Å². The molecule has 0 N–H and O–H groups in total. The van der Waals surface area contributed by atoms with Crippen molar-refractivity contribution in [1.82, 2.24) is 0 Å². The third kappa shape index (κ3) is 2.07. The predicted molar refractivity (Wildman–Crippen MR) is 41.8 cm³/mol. The van der Waals surface area contributed by atoms with Crippen molar-refractivity contribution >= 4 is 20.9 Å². The van der Waals surface area contributed by atoms with E-state index in [1.807, 2.05) is 6.82 Å². The smallest absolute Gasteiger partial charge is 0.422 e. The van der Waals surface area contributed by atoms with Crippen molar-refractivity contribution in [2.75, 3.05) is 0 Å². The Morgan fingerprint density at radius 3 is 1.78 bits per heavy atom. The fraction of sp³-hybridized carbons (Fsp3) is 1.00. The van der Waals surface area contributed by atoms with Crippen LogP contribution in [0.5, 0.6) is 0 Å². The van der Waals surface area contributed by atoms with Gasteiger partial charge < -0.3 is 9.14 Å². The first-order valence-corrected chi connectivity index (χ1v) is 3.49. The summed E-state index contributed by atoms with van der Waals surface area (Å²) in [5.74, 6) is 0. The highest BCUT2D eigenvalue weighted by Gasteiger charge is 2.29. The van der Waals surface area contributed by atoms with E-state index in [2.05, 4.69) is 13.6 Å². The van der Waals surface area contributed by atoms with Gasteiger partial charge in [-0.05, 0) is 13.0 Å². The summed E-state index contributed by atoms with van der Waals surface area (Å²) in [5.41, 5.74) is 0. The third-order valence-corrected chi connectivity index (χ3v) is 1.51. The first kappa shape index (κ1) is 7.22. The maximum absolute atomic E-state index is 5.33. The SMILES string of the molecule is CB1CB(C)OB(C)O1. The second kappa shape index (κ2) is 2.80.